The van der Waals surface area contributed by atoms with Gasteiger partial charge in [0.15, 0.2) is 0 Å². The van der Waals surface area contributed by atoms with Crippen LogP contribution in [0.15, 0.2) is 23.6 Å². The number of anilines is 1. The van der Waals surface area contributed by atoms with Gasteiger partial charge in [0.05, 0.1) is 11.4 Å². The van der Waals surface area contributed by atoms with Gasteiger partial charge in [-0.25, -0.2) is 0 Å². The van der Waals surface area contributed by atoms with Crippen molar-refractivity contribution in [3.8, 4) is 0 Å². The number of rotatable bonds is 5. The van der Waals surface area contributed by atoms with E-state index in [0.717, 1.165) is 17.3 Å². The summed E-state index contributed by atoms with van der Waals surface area (Å²) in [6.45, 7) is 1.90. The minimum absolute atomic E-state index is 0.0135. The average Bonchev–Trinajstić information content (AvgIpc) is 2.90. The van der Waals surface area contributed by atoms with Gasteiger partial charge in [-0.15, -0.1) is 23.1 Å². The van der Waals surface area contributed by atoms with E-state index in [1.165, 1.54) is 4.88 Å². The maximum atomic E-state index is 11.7. The lowest BCUT2D eigenvalue weighted by atomic mass is 10.4. The quantitative estimate of drug-likeness (QED) is 0.916. The molecule has 4 nitrogen and oxygen atoms in total. The van der Waals surface area contributed by atoms with E-state index in [1.54, 1.807) is 27.8 Å². The summed E-state index contributed by atoms with van der Waals surface area (Å²) >= 11 is 3.34. The molecule has 0 spiro atoms. The Morgan fingerprint density at radius 2 is 2.44 bits per heavy atom. The molecule has 1 amide bonds. The van der Waals surface area contributed by atoms with Crippen molar-refractivity contribution in [1.29, 1.82) is 0 Å². The van der Waals surface area contributed by atoms with Crippen LogP contribution in [0, 0.1) is 6.92 Å². The van der Waals surface area contributed by atoms with Gasteiger partial charge < -0.3 is 5.32 Å². The predicted molar refractivity (Wildman–Crippen MR) is 77.1 cm³/mol. The molecule has 0 saturated carbocycles. The summed E-state index contributed by atoms with van der Waals surface area (Å²) in [6.07, 6.45) is 0. The molecular formula is C12H15N3OS2. The van der Waals surface area contributed by atoms with Crippen LogP contribution in [0.25, 0.3) is 0 Å². The van der Waals surface area contributed by atoms with E-state index in [1.807, 2.05) is 31.5 Å². The number of amides is 1. The van der Waals surface area contributed by atoms with E-state index in [2.05, 4.69) is 16.5 Å². The molecule has 6 heteroatoms. The zero-order chi connectivity index (χ0) is 13.0. The van der Waals surface area contributed by atoms with E-state index in [-0.39, 0.29) is 5.91 Å². The smallest absolute Gasteiger partial charge is 0.235 e. The number of carbonyl (C=O) groups excluding carboxylic acids is 1. The summed E-state index contributed by atoms with van der Waals surface area (Å²) in [7, 11) is 1.82. The lowest BCUT2D eigenvalue weighted by Crippen LogP contribution is -2.16. The van der Waals surface area contributed by atoms with Gasteiger partial charge in [0.25, 0.3) is 0 Å². The molecule has 0 atom stereocenters. The van der Waals surface area contributed by atoms with E-state index in [0.29, 0.717) is 5.75 Å². The molecule has 18 heavy (non-hydrogen) atoms. The maximum absolute atomic E-state index is 11.7. The van der Waals surface area contributed by atoms with Crippen molar-refractivity contribution in [1.82, 2.24) is 9.78 Å². The Hall–Kier alpha value is -1.27. The Morgan fingerprint density at radius 3 is 3.06 bits per heavy atom. The molecule has 0 aliphatic rings. The fourth-order valence-corrected chi connectivity index (χ4v) is 3.21. The van der Waals surface area contributed by atoms with Crippen LogP contribution >= 0.6 is 23.1 Å². The van der Waals surface area contributed by atoms with Crippen LogP contribution in [0.1, 0.15) is 10.6 Å². The number of aromatic nitrogens is 2. The molecule has 0 aromatic carbocycles. The van der Waals surface area contributed by atoms with Crippen molar-refractivity contribution in [2.45, 2.75) is 12.7 Å². The molecular weight excluding hydrogens is 266 g/mol. The van der Waals surface area contributed by atoms with Crippen molar-refractivity contribution in [3.05, 3.63) is 34.2 Å². The number of aryl methyl sites for hydroxylation is 2. The van der Waals surface area contributed by atoms with Crippen molar-refractivity contribution in [2.75, 3.05) is 11.1 Å². The Labute approximate surface area is 114 Å². The first-order valence-corrected chi connectivity index (χ1v) is 7.59. The molecule has 0 aliphatic carbocycles. The lowest BCUT2D eigenvalue weighted by molar-refractivity contribution is -0.113. The normalized spacial score (nSPS) is 10.6. The highest BCUT2D eigenvalue weighted by atomic mass is 32.2. The SMILES string of the molecule is Cc1cc(NC(=O)CSCc2cccs2)n(C)n1. The third kappa shape index (κ3) is 3.61. The van der Waals surface area contributed by atoms with Crippen molar-refractivity contribution >= 4 is 34.8 Å². The van der Waals surface area contributed by atoms with Gasteiger partial charge in [0, 0.05) is 23.7 Å². The third-order valence-electron chi connectivity index (χ3n) is 2.33. The van der Waals surface area contributed by atoms with E-state index in [9.17, 15) is 4.79 Å². The van der Waals surface area contributed by atoms with E-state index in [4.69, 9.17) is 0 Å². The van der Waals surface area contributed by atoms with Gasteiger partial charge in [-0.2, -0.15) is 5.10 Å². The second-order valence-electron chi connectivity index (χ2n) is 3.91. The molecule has 0 unspecified atom stereocenters. The first kappa shape index (κ1) is 13.2. The van der Waals surface area contributed by atoms with Gasteiger partial charge >= 0.3 is 0 Å². The minimum Gasteiger partial charge on any atom is -0.310 e. The topological polar surface area (TPSA) is 46.9 Å². The fourth-order valence-electron chi connectivity index (χ4n) is 1.55. The second-order valence-corrected chi connectivity index (χ2v) is 5.93. The molecule has 0 aliphatic heterocycles. The van der Waals surface area contributed by atoms with Crippen molar-refractivity contribution in [3.63, 3.8) is 0 Å². The Balaban J connectivity index is 1.77. The Bertz CT molecular complexity index is 519. The van der Waals surface area contributed by atoms with Crippen LogP contribution in [0.5, 0.6) is 0 Å². The highest BCUT2D eigenvalue weighted by Gasteiger charge is 2.07. The zero-order valence-electron chi connectivity index (χ0n) is 10.3. The molecule has 2 aromatic rings. The van der Waals surface area contributed by atoms with Gasteiger partial charge in [-0.1, -0.05) is 6.07 Å². The number of nitrogens with one attached hydrogen (secondary N) is 1. The summed E-state index contributed by atoms with van der Waals surface area (Å²) in [5.41, 5.74) is 0.902. The summed E-state index contributed by atoms with van der Waals surface area (Å²) in [6, 6.07) is 5.97. The molecule has 96 valence electrons. The third-order valence-corrected chi connectivity index (χ3v) is 4.37. The molecule has 2 rings (SSSR count). The Morgan fingerprint density at radius 1 is 1.61 bits per heavy atom. The van der Waals surface area contributed by atoms with E-state index >= 15 is 0 Å². The summed E-state index contributed by atoms with van der Waals surface area (Å²) < 4.78 is 1.68. The largest absolute Gasteiger partial charge is 0.310 e. The van der Waals surface area contributed by atoms with Gasteiger partial charge in [-0.05, 0) is 18.4 Å². The number of hydrogen-bond acceptors (Lipinski definition) is 4. The fraction of sp³-hybridized carbons (Fsp3) is 0.333. The first-order valence-electron chi connectivity index (χ1n) is 5.56. The highest BCUT2D eigenvalue weighted by Crippen LogP contribution is 2.17. The van der Waals surface area contributed by atoms with Gasteiger partial charge in [-0.3, -0.25) is 9.48 Å². The Kier molecular flexibility index (Phi) is 4.43. The number of nitrogens with zero attached hydrogens (tertiary/aromatic N) is 2. The minimum atomic E-state index is 0.0135. The van der Waals surface area contributed by atoms with Crippen LogP contribution in [0.2, 0.25) is 0 Å². The van der Waals surface area contributed by atoms with Crippen molar-refractivity contribution in [2.24, 2.45) is 7.05 Å². The number of carbonyl (C=O) groups is 1. The van der Waals surface area contributed by atoms with Crippen LogP contribution in [0.3, 0.4) is 0 Å². The monoisotopic (exact) mass is 281 g/mol. The number of thioether (sulfide) groups is 1. The molecule has 0 fully saturated rings. The lowest BCUT2D eigenvalue weighted by Gasteiger charge is -2.04. The van der Waals surface area contributed by atoms with Gasteiger partial charge in [0.2, 0.25) is 5.91 Å². The number of hydrogen-bond donors (Lipinski definition) is 1. The van der Waals surface area contributed by atoms with E-state index < -0.39 is 0 Å². The average molecular weight is 281 g/mol. The van der Waals surface area contributed by atoms with Crippen molar-refractivity contribution < 1.29 is 4.79 Å². The molecule has 1 N–H and O–H groups in total. The second kappa shape index (κ2) is 6.06. The molecule has 0 bridgehead atoms. The maximum Gasteiger partial charge on any atom is 0.235 e. The standard InChI is InChI=1S/C12H15N3OS2/c1-9-6-11(15(2)14-9)13-12(16)8-17-7-10-4-3-5-18-10/h3-6H,7-8H2,1-2H3,(H,13,16). The van der Waals surface area contributed by atoms with Crippen LogP contribution < -0.4 is 5.32 Å². The van der Waals surface area contributed by atoms with Gasteiger partial charge in [0.1, 0.15) is 5.82 Å². The summed E-state index contributed by atoms with van der Waals surface area (Å²) in [5, 5.41) is 9.09. The van der Waals surface area contributed by atoms with Crippen LogP contribution in [-0.4, -0.2) is 21.4 Å². The molecule has 0 saturated heterocycles. The highest BCUT2D eigenvalue weighted by molar-refractivity contribution is 7.99. The van der Waals surface area contributed by atoms with Crippen LogP contribution in [0.4, 0.5) is 5.82 Å². The zero-order valence-corrected chi connectivity index (χ0v) is 12.0. The summed E-state index contributed by atoms with van der Waals surface area (Å²) in [5.74, 6) is 2.10. The number of thiophene rings is 1. The predicted octanol–water partition coefficient (Wildman–Crippen LogP) is 2.66. The molecule has 2 heterocycles. The molecule has 2 aromatic heterocycles. The summed E-state index contributed by atoms with van der Waals surface area (Å²) in [4.78, 5) is 13.0. The first-order chi connectivity index (χ1) is 8.65. The molecule has 0 radical (unpaired) electrons. The van der Waals surface area contributed by atoms with Crippen LogP contribution in [-0.2, 0) is 17.6 Å².